The molecule has 0 aliphatic rings. The zero-order chi connectivity index (χ0) is 12.9. The first kappa shape index (κ1) is 14.0. The van der Waals surface area contributed by atoms with Crippen LogP contribution >= 0.6 is 0 Å². The third-order valence-electron chi connectivity index (χ3n) is 2.82. The van der Waals surface area contributed by atoms with Gasteiger partial charge in [0.2, 0.25) is 0 Å². The summed E-state index contributed by atoms with van der Waals surface area (Å²) in [6.45, 7) is 10.2. The smallest absolute Gasteiger partial charge is 0.122 e. The van der Waals surface area contributed by atoms with Crippen LogP contribution in [-0.4, -0.2) is 6.61 Å². The molecule has 0 radical (unpaired) electrons. The van der Waals surface area contributed by atoms with Gasteiger partial charge in [0, 0.05) is 6.54 Å². The van der Waals surface area contributed by atoms with Crippen LogP contribution in [0.15, 0.2) is 18.2 Å². The lowest BCUT2D eigenvalue weighted by molar-refractivity contribution is 0.268. The zero-order valence-electron chi connectivity index (χ0n) is 11.5. The van der Waals surface area contributed by atoms with Crippen molar-refractivity contribution in [2.24, 2.45) is 11.1 Å². The number of ether oxygens (including phenoxy) is 1. The Kier molecular flexibility index (Phi) is 5.01. The van der Waals surface area contributed by atoms with Gasteiger partial charge in [-0.15, -0.1) is 0 Å². The Hall–Kier alpha value is -1.02. The molecule has 0 unspecified atom stereocenters. The molecule has 0 aromatic heterocycles. The first-order valence-corrected chi connectivity index (χ1v) is 6.35. The van der Waals surface area contributed by atoms with Crippen molar-refractivity contribution < 1.29 is 4.74 Å². The predicted molar refractivity (Wildman–Crippen MR) is 73.3 cm³/mol. The molecular formula is C15H25NO. The molecule has 2 heteroatoms. The van der Waals surface area contributed by atoms with E-state index in [1.54, 1.807) is 0 Å². The van der Waals surface area contributed by atoms with Crippen LogP contribution in [-0.2, 0) is 6.54 Å². The Morgan fingerprint density at radius 3 is 2.53 bits per heavy atom. The molecule has 96 valence electrons. The summed E-state index contributed by atoms with van der Waals surface area (Å²) >= 11 is 0. The molecule has 2 N–H and O–H groups in total. The minimum atomic E-state index is 0.386. The standard InChI is InChI=1S/C15H25NO/c1-12-6-7-13(11-16)10-14(12)17-9-5-8-15(2,3)4/h6-7,10H,5,8-9,11,16H2,1-4H3. The van der Waals surface area contributed by atoms with Crippen molar-refractivity contribution in [1.29, 1.82) is 0 Å². The van der Waals surface area contributed by atoms with E-state index >= 15 is 0 Å². The molecule has 1 rings (SSSR count). The Bertz CT molecular complexity index is 352. The van der Waals surface area contributed by atoms with Gasteiger partial charge in [0.1, 0.15) is 5.75 Å². The van der Waals surface area contributed by atoms with Gasteiger partial charge in [0.25, 0.3) is 0 Å². The van der Waals surface area contributed by atoms with E-state index in [2.05, 4.69) is 39.8 Å². The highest BCUT2D eigenvalue weighted by Gasteiger charge is 2.09. The van der Waals surface area contributed by atoms with Gasteiger partial charge in [0.15, 0.2) is 0 Å². The molecule has 0 aliphatic heterocycles. The number of rotatable bonds is 5. The topological polar surface area (TPSA) is 35.2 Å². The van der Waals surface area contributed by atoms with Crippen LogP contribution in [0.1, 0.15) is 44.7 Å². The van der Waals surface area contributed by atoms with Crippen molar-refractivity contribution in [2.75, 3.05) is 6.61 Å². The molecule has 1 aromatic carbocycles. The molecule has 0 bridgehead atoms. The van der Waals surface area contributed by atoms with E-state index in [0.29, 0.717) is 12.0 Å². The van der Waals surface area contributed by atoms with Gasteiger partial charge < -0.3 is 10.5 Å². The largest absolute Gasteiger partial charge is 0.493 e. The molecule has 17 heavy (non-hydrogen) atoms. The lowest BCUT2D eigenvalue weighted by Crippen LogP contribution is -2.08. The summed E-state index contributed by atoms with van der Waals surface area (Å²) in [4.78, 5) is 0. The van der Waals surface area contributed by atoms with E-state index in [1.807, 2.05) is 6.07 Å². The van der Waals surface area contributed by atoms with E-state index in [9.17, 15) is 0 Å². The van der Waals surface area contributed by atoms with Crippen molar-refractivity contribution >= 4 is 0 Å². The molecule has 0 atom stereocenters. The van der Waals surface area contributed by atoms with E-state index in [4.69, 9.17) is 10.5 Å². The second-order valence-corrected chi connectivity index (χ2v) is 5.82. The molecule has 2 nitrogen and oxygen atoms in total. The molecule has 0 saturated heterocycles. The summed E-state index contributed by atoms with van der Waals surface area (Å²) < 4.78 is 5.82. The summed E-state index contributed by atoms with van der Waals surface area (Å²) in [5.74, 6) is 0.974. The highest BCUT2D eigenvalue weighted by molar-refractivity contribution is 5.36. The molecule has 0 aliphatic carbocycles. The number of hydrogen-bond acceptors (Lipinski definition) is 2. The minimum absolute atomic E-state index is 0.386. The molecule has 0 saturated carbocycles. The van der Waals surface area contributed by atoms with Crippen molar-refractivity contribution in [3.05, 3.63) is 29.3 Å². The maximum absolute atomic E-state index is 5.82. The fourth-order valence-corrected chi connectivity index (χ4v) is 1.71. The normalized spacial score (nSPS) is 11.6. The van der Waals surface area contributed by atoms with E-state index in [0.717, 1.165) is 24.3 Å². The second kappa shape index (κ2) is 6.06. The van der Waals surface area contributed by atoms with Crippen LogP contribution in [0.2, 0.25) is 0 Å². The van der Waals surface area contributed by atoms with Gasteiger partial charge in [-0.25, -0.2) is 0 Å². The Morgan fingerprint density at radius 1 is 1.24 bits per heavy atom. The molecule has 0 fully saturated rings. The lowest BCUT2D eigenvalue weighted by atomic mass is 9.91. The molecule has 1 aromatic rings. The van der Waals surface area contributed by atoms with Gasteiger partial charge >= 0.3 is 0 Å². The number of nitrogens with two attached hydrogens (primary N) is 1. The molecule has 0 amide bonds. The predicted octanol–water partition coefficient (Wildman–Crippen LogP) is 3.66. The Morgan fingerprint density at radius 2 is 1.94 bits per heavy atom. The fourth-order valence-electron chi connectivity index (χ4n) is 1.71. The average Bonchev–Trinajstić information content (AvgIpc) is 2.25. The van der Waals surface area contributed by atoms with Gasteiger partial charge in [-0.2, -0.15) is 0 Å². The summed E-state index contributed by atoms with van der Waals surface area (Å²) in [5.41, 5.74) is 8.32. The third-order valence-corrected chi connectivity index (χ3v) is 2.82. The summed E-state index contributed by atoms with van der Waals surface area (Å²) in [6, 6.07) is 6.17. The fraction of sp³-hybridized carbons (Fsp3) is 0.600. The summed E-state index contributed by atoms with van der Waals surface area (Å²) in [5, 5.41) is 0. The molecular weight excluding hydrogens is 210 g/mol. The average molecular weight is 235 g/mol. The number of hydrogen-bond donors (Lipinski definition) is 1. The molecule has 0 heterocycles. The van der Waals surface area contributed by atoms with Gasteiger partial charge in [-0.3, -0.25) is 0 Å². The van der Waals surface area contributed by atoms with Crippen LogP contribution in [0.25, 0.3) is 0 Å². The Balaban J connectivity index is 2.46. The lowest BCUT2D eigenvalue weighted by Gasteiger charge is -2.18. The maximum Gasteiger partial charge on any atom is 0.122 e. The highest BCUT2D eigenvalue weighted by atomic mass is 16.5. The first-order valence-electron chi connectivity index (χ1n) is 6.35. The zero-order valence-corrected chi connectivity index (χ0v) is 11.5. The van der Waals surface area contributed by atoms with Crippen molar-refractivity contribution in [3.63, 3.8) is 0 Å². The maximum atomic E-state index is 5.82. The number of benzene rings is 1. The van der Waals surface area contributed by atoms with Crippen LogP contribution in [0.5, 0.6) is 5.75 Å². The second-order valence-electron chi connectivity index (χ2n) is 5.82. The summed E-state index contributed by atoms with van der Waals surface area (Å²) in [6.07, 6.45) is 2.28. The minimum Gasteiger partial charge on any atom is -0.493 e. The highest BCUT2D eigenvalue weighted by Crippen LogP contribution is 2.22. The van der Waals surface area contributed by atoms with Gasteiger partial charge in [-0.05, 0) is 42.4 Å². The first-order chi connectivity index (χ1) is 7.92. The number of aryl methyl sites for hydroxylation is 1. The Labute approximate surface area is 105 Å². The van der Waals surface area contributed by atoms with Gasteiger partial charge in [0.05, 0.1) is 6.61 Å². The van der Waals surface area contributed by atoms with Crippen LogP contribution in [0, 0.1) is 12.3 Å². The summed E-state index contributed by atoms with van der Waals surface area (Å²) in [7, 11) is 0. The van der Waals surface area contributed by atoms with Crippen LogP contribution in [0.3, 0.4) is 0 Å². The van der Waals surface area contributed by atoms with Crippen molar-refractivity contribution in [1.82, 2.24) is 0 Å². The quantitative estimate of drug-likeness (QED) is 0.790. The third kappa shape index (κ3) is 5.22. The van der Waals surface area contributed by atoms with E-state index < -0.39 is 0 Å². The monoisotopic (exact) mass is 235 g/mol. The van der Waals surface area contributed by atoms with Gasteiger partial charge in [-0.1, -0.05) is 32.9 Å². The van der Waals surface area contributed by atoms with E-state index in [1.165, 1.54) is 12.0 Å². The van der Waals surface area contributed by atoms with Crippen molar-refractivity contribution in [3.8, 4) is 5.75 Å². The SMILES string of the molecule is Cc1ccc(CN)cc1OCCCC(C)(C)C. The van der Waals surface area contributed by atoms with Crippen LogP contribution < -0.4 is 10.5 Å². The van der Waals surface area contributed by atoms with Crippen molar-refractivity contribution in [2.45, 2.75) is 47.1 Å². The van der Waals surface area contributed by atoms with E-state index in [-0.39, 0.29) is 0 Å². The van der Waals surface area contributed by atoms with Crippen LogP contribution in [0.4, 0.5) is 0 Å². The molecule has 0 spiro atoms.